The first kappa shape index (κ1) is 28.8. The lowest BCUT2D eigenvalue weighted by molar-refractivity contribution is 0.760. The van der Waals surface area contributed by atoms with E-state index < -0.39 is 0 Å². The molecule has 0 saturated carbocycles. The summed E-state index contributed by atoms with van der Waals surface area (Å²) < 4.78 is 0. The Morgan fingerprint density at radius 3 is 1.78 bits per heavy atom. The van der Waals surface area contributed by atoms with Gasteiger partial charge in [0.15, 0.2) is 0 Å². The first-order valence-corrected chi connectivity index (χ1v) is 18.3. The van der Waals surface area contributed by atoms with Crippen molar-refractivity contribution in [1.82, 2.24) is 0 Å². The standard InChI is InChI=1S/C51H36/c1-29-14-7-8-19-33(29)49-48-39-24-12-22-36-34-20-9-10-21-35(34)42(47(36)39)28-43(48)45(32-17-5-4-6-18-32)50-40-25-13-23-37-38(26-27-41(46(37)40)51(49)50)44-30(2)15-11-16-31(44)3/h4-13,15-29H,14H2,1-3H3. The number of benzene rings is 8. The van der Waals surface area contributed by atoms with Crippen LogP contribution in [0.5, 0.6) is 0 Å². The van der Waals surface area contributed by atoms with Gasteiger partial charge in [0.05, 0.1) is 0 Å². The molecule has 0 heteroatoms. The maximum Gasteiger partial charge on any atom is -0.000752 e. The average Bonchev–Trinajstić information content (AvgIpc) is 3.67. The van der Waals surface area contributed by atoms with E-state index in [4.69, 9.17) is 0 Å². The summed E-state index contributed by atoms with van der Waals surface area (Å²) in [4.78, 5) is 0. The van der Waals surface area contributed by atoms with Crippen LogP contribution in [-0.4, -0.2) is 0 Å². The predicted octanol–water partition coefficient (Wildman–Crippen LogP) is 14.6. The minimum absolute atomic E-state index is 0.401. The fourth-order valence-corrected chi connectivity index (χ4v) is 9.94. The largest absolute Gasteiger partial charge is 0.0839 e. The third-order valence-corrected chi connectivity index (χ3v) is 12.1. The van der Waals surface area contributed by atoms with Crippen LogP contribution in [-0.2, 0) is 0 Å². The highest BCUT2D eigenvalue weighted by atomic mass is 14.3. The summed E-state index contributed by atoms with van der Waals surface area (Å²) in [6.45, 7) is 6.92. The molecule has 51 heavy (non-hydrogen) atoms. The van der Waals surface area contributed by atoms with Crippen LogP contribution in [0.1, 0.15) is 30.0 Å². The molecule has 0 nitrogen and oxygen atoms in total. The van der Waals surface area contributed by atoms with Gasteiger partial charge in [0.25, 0.3) is 0 Å². The Kier molecular flexibility index (Phi) is 5.94. The maximum atomic E-state index is 2.55. The van der Waals surface area contributed by atoms with Crippen LogP contribution in [0, 0.1) is 19.8 Å². The number of hydrogen-bond acceptors (Lipinski definition) is 0. The maximum absolute atomic E-state index is 2.55. The van der Waals surface area contributed by atoms with E-state index in [9.17, 15) is 0 Å². The van der Waals surface area contributed by atoms with Crippen molar-refractivity contribution in [2.45, 2.75) is 27.2 Å². The van der Waals surface area contributed by atoms with Gasteiger partial charge in [0.1, 0.15) is 0 Å². The number of allylic oxidation sites excluding steroid dienone is 4. The van der Waals surface area contributed by atoms with E-state index in [0.29, 0.717) is 5.92 Å². The third kappa shape index (κ3) is 3.80. The van der Waals surface area contributed by atoms with Gasteiger partial charge in [-0.2, -0.15) is 0 Å². The molecule has 0 N–H and O–H groups in total. The average molecular weight is 649 g/mol. The second-order valence-corrected chi connectivity index (χ2v) is 14.8. The highest BCUT2D eigenvalue weighted by molar-refractivity contribution is 6.43. The fourth-order valence-electron chi connectivity index (χ4n) is 9.94. The molecular formula is C51H36. The second kappa shape index (κ2) is 10.5. The summed E-state index contributed by atoms with van der Waals surface area (Å²) in [6, 6.07) is 48.3. The lowest BCUT2D eigenvalue weighted by atomic mass is 9.79. The van der Waals surface area contributed by atoms with Crippen LogP contribution in [0.4, 0.5) is 0 Å². The van der Waals surface area contributed by atoms with Crippen molar-refractivity contribution in [1.29, 1.82) is 0 Å². The number of fused-ring (bicyclic) bond motifs is 8. The molecule has 0 bridgehead atoms. The Labute approximate surface area is 297 Å². The summed E-state index contributed by atoms with van der Waals surface area (Å²) in [5, 5.41) is 19.0. The van der Waals surface area contributed by atoms with Crippen molar-refractivity contribution in [3.05, 3.63) is 162 Å². The van der Waals surface area contributed by atoms with Gasteiger partial charge in [-0.05, 0) is 152 Å². The van der Waals surface area contributed by atoms with E-state index in [1.165, 1.54) is 120 Å². The molecule has 11 rings (SSSR count). The summed E-state index contributed by atoms with van der Waals surface area (Å²) in [6.07, 6.45) is 8.08. The van der Waals surface area contributed by atoms with Crippen LogP contribution >= 0.6 is 0 Å². The molecule has 0 fully saturated rings. The van der Waals surface area contributed by atoms with Gasteiger partial charge in [-0.15, -0.1) is 0 Å². The quantitative estimate of drug-likeness (QED) is 0.167. The zero-order valence-corrected chi connectivity index (χ0v) is 29.1. The lowest BCUT2D eigenvalue weighted by Gasteiger charge is -2.24. The smallest absolute Gasteiger partial charge is 0.000752 e. The lowest BCUT2D eigenvalue weighted by Crippen LogP contribution is -2.03. The summed E-state index contributed by atoms with van der Waals surface area (Å²) in [7, 11) is 0. The molecular weight excluding hydrogens is 613 g/mol. The molecule has 10 aromatic carbocycles. The first-order chi connectivity index (χ1) is 25.1. The molecule has 10 aromatic rings. The van der Waals surface area contributed by atoms with Gasteiger partial charge in [-0.1, -0.05) is 146 Å². The highest BCUT2D eigenvalue weighted by Gasteiger charge is 2.29. The van der Waals surface area contributed by atoms with Gasteiger partial charge < -0.3 is 0 Å². The molecule has 0 aromatic heterocycles. The summed E-state index contributed by atoms with van der Waals surface area (Å²) in [5.41, 5.74) is 10.8. The monoisotopic (exact) mass is 648 g/mol. The molecule has 0 saturated heterocycles. The van der Waals surface area contributed by atoms with Gasteiger partial charge >= 0.3 is 0 Å². The van der Waals surface area contributed by atoms with Gasteiger partial charge in [-0.3, -0.25) is 0 Å². The number of hydrogen-bond donors (Lipinski definition) is 0. The van der Waals surface area contributed by atoms with Crippen LogP contribution in [0.15, 0.2) is 146 Å². The molecule has 240 valence electrons. The normalized spacial score (nSPS) is 15.1. The van der Waals surface area contributed by atoms with E-state index in [1.807, 2.05) is 0 Å². The van der Waals surface area contributed by atoms with Gasteiger partial charge in [0.2, 0.25) is 0 Å². The van der Waals surface area contributed by atoms with E-state index in [0.717, 1.165) is 6.42 Å². The number of aryl methyl sites for hydroxylation is 2. The molecule has 1 atom stereocenters. The van der Waals surface area contributed by atoms with Crippen molar-refractivity contribution in [2.75, 3.05) is 0 Å². The van der Waals surface area contributed by atoms with E-state index in [2.05, 4.69) is 166 Å². The van der Waals surface area contributed by atoms with E-state index >= 15 is 0 Å². The molecule has 1 unspecified atom stereocenters. The zero-order chi connectivity index (χ0) is 34.0. The van der Waals surface area contributed by atoms with Crippen molar-refractivity contribution >= 4 is 81.0 Å². The van der Waals surface area contributed by atoms with Crippen LogP contribution < -0.4 is 0 Å². The van der Waals surface area contributed by atoms with Crippen molar-refractivity contribution in [2.24, 2.45) is 5.92 Å². The topological polar surface area (TPSA) is 0 Å². The van der Waals surface area contributed by atoms with Crippen molar-refractivity contribution in [3.63, 3.8) is 0 Å². The third-order valence-electron chi connectivity index (χ3n) is 12.1. The van der Waals surface area contributed by atoms with E-state index in [1.54, 1.807) is 0 Å². The molecule has 0 aliphatic heterocycles. The Hall–Kier alpha value is -5.98. The molecule has 0 heterocycles. The SMILES string of the molecule is Cc1cccc(C)c1-c1ccc2c3c(C4=CC=CCC4C)c4c(cc5c6ccccc6c6cccc4c65)c(-c4ccccc4)c3c3cccc1c32. The summed E-state index contributed by atoms with van der Waals surface area (Å²) >= 11 is 0. The summed E-state index contributed by atoms with van der Waals surface area (Å²) in [5.74, 6) is 0.401. The molecule has 1 aliphatic rings. The molecule has 0 spiro atoms. The van der Waals surface area contributed by atoms with Crippen molar-refractivity contribution < 1.29 is 0 Å². The second-order valence-electron chi connectivity index (χ2n) is 14.8. The number of rotatable bonds is 3. The molecule has 0 radical (unpaired) electrons. The Bertz CT molecular complexity index is 3100. The molecule has 0 amide bonds. The van der Waals surface area contributed by atoms with Crippen LogP contribution in [0.3, 0.4) is 0 Å². The van der Waals surface area contributed by atoms with Crippen LogP contribution in [0.25, 0.3) is 103 Å². The van der Waals surface area contributed by atoms with Gasteiger partial charge in [0, 0.05) is 0 Å². The highest BCUT2D eigenvalue weighted by Crippen LogP contribution is 2.55. The molecule has 1 aliphatic carbocycles. The Balaban J connectivity index is 1.46. The van der Waals surface area contributed by atoms with Gasteiger partial charge in [-0.25, -0.2) is 0 Å². The van der Waals surface area contributed by atoms with Crippen molar-refractivity contribution in [3.8, 4) is 22.3 Å². The first-order valence-electron chi connectivity index (χ1n) is 18.3. The van der Waals surface area contributed by atoms with Crippen LogP contribution in [0.2, 0.25) is 0 Å². The fraction of sp³-hybridized carbons (Fsp3) is 0.0980. The zero-order valence-electron chi connectivity index (χ0n) is 29.1. The Morgan fingerprint density at radius 2 is 1.02 bits per heavy atom. The predicted molar refractivity (Wildman–Crippen MR) is 223 cm³/mol. The minimum Gasteiger partial charge on any atom is -0.0839 e. The van der Waals surface area contributed by atoms with E-state index in [-0.39, 0.29) is 0 Å². The Morgan fingerprint density at radius 1 is 0.431 bits per heavy atom. The minimum atomic E-state index is 0.401.